The summed E-state index contributed by atoms with van der Waals surface area (Å²) in [5.41, 5.74) is 1.53. The molecule has 0 aliphatic carbocycles. The Bertz CT molecular complexity index is 382. The van der Waals surface area contributed by atoms with Crippen molar-refractivity contribution in [2.24, 2.45) is 11.8 Å². The van der Waals surface area contributed by atoms with E-state index in [0.717, 1.165) is 11.3 Å². The van der Waals surface area contributed by atoms with Crippen molar-refractivity contribution in [3.8, 4) is 0 Å². The van der Waals surface area contributed by atoms with Crippen LogP contribution in [0.5, 0.6) is 0 Å². The lowest BCUT2D eigenvalue weighted by Crippen LogP contribution is -2.47. The topological polar surface area (TPSA) is 38.0 Å². The van der Waals surface area contributed by atoms with Crippen LogP contribution in [0.1, 0.15) is 16.5 Å². The summed E-state index contributed by atoms with van der Waals surface area (Å²) in [5.74, 6) is 1.34. The fourth-order valence-corrected chi connectivity index (χ4v) is 2.40. The van der Waals surface area contributed by atoms with E-state index >= 15 is 0 Å². The molecule has 0 fully saturated rings. The van der Waals surface area contributed by atoms with E-state index in [0.29, 0.717) is 4.88 Å². The Balaban J connectivity index is 3.23. The van der Waals surface area contributed by atoms with E-state index in [9.17, 15) is 26.3 Å². The summed E-state index contributed by atoms with van der Waals surface area (Å²) in [6.45, 7) is 1.44. The number of aryl methyl sites for hydroxylation is 1. The molecule has 9 heteroatoms. The smallest absolute Gasteiger partial charge is 0.271 e. The molecule has 2 nitrogen and oxygen atoms in total. The molecule has 0 aromatic carbocycles. The van der Waals surface area contributed by atoms with Crippen molar-refractivity contribution in [1.82, 2.24) is 5.43 Å². The van der Waals surface area contributed by atoms with Crippen molar-refractivity contribution in [2.45, 2.75) is 25.3 Å². The van der Waals surface area contributed by atoms with Gasteiger partial charge in [-0.1, -0.05) is 0 Å². The highest BCUT2D eigenvalue weighted by molar-refractivity contribution is 7.10. The summed E-state index contributed by atoms with van der Waals surface area (Å²) in [7, 11) is 0. The number of nitrogens with one attached hydrogen (secondary N) is 1. The van der Waals surface area contributed by atoms with E-state index in [1.54, 1.807) is 5.43 Å². The van der Waals surface area contributed by atoms with Gasteiger partial charge in [-0.05, 0) is 23.9 Å². The second-order valence-electron chi connectivity index (χ2n) is 3.64. The summed E-state index contributed by atoms with van der Waals surface area (Å²) in [6, 6.07) is -0.842. The first kappa shape index (κ1) is 15.3. The van der Waals surface area contributed by atoms with Gasteiger partial charge in [0.2, 0.25) is 0 Å². The molecule has 0 saturated carbocycles. The summed E-state index contributed by atoms with van der Waals surface area (Å²) < 4.78 is 75.4. The van der Waals surface area contributed by atoms with Gasteiger partial charge in [-0.15, -0.1) is 11.3 Å². The Labute approximate surface area is 103 Å². The standard InChI is InChI=1S/C9H10F6N2S/c1-4-5(2-3-18-4)6(17-16)7(8(10,11)12)9(13,14)15/h2-3,6-7,17H,16H2,1H3. The average molecular weight is 292 g/mol. The van der Waals surface area contributed by atoms with Crippen molar-refractivity contribution in [2.75, 3.05) is 0 Å². The number of alkyl halides is 6. The van der Waals surface area contributed by atoms with Gasteiger partial charge in [0.1, 0.15) is 0 Å². The van der Waals surface area contributed by atoms with Gasteiger partial charge >= 0.3 is 12.4 Å². The van der Waals surface area contributed by atoms with Gasteiger partial charge in [0.25, 0.3) is 0 Å². The maximum absolute atomic E-state index is 12.6. The zero-order valence-electron chi connectivity index (χ0n) is 9.06. The first-order chi connectivity index (χ1) is 8.09. The fourth-order valence-electron chi connectivity index (χ4n) is 1.65. The summed E-state index contributed by atoms with van der Waals surface area (Å²) in [5, 5.41) is 1.42. The molecule has 0 spiro atoms. The van der Waals surface area contributed by atoms with Crippen LogP contribution in [0.2, 0.25) is 0 Å². The molecule has 0 aliphatic rings. The van der Waals surface area contributed by atoms with E-state index < -0.39 is 24.3 Å². The molecular formula is C9H10F6N2S. The Hall–Kier alpha value is -0.800. The normalized spacial score (nSPS) is 15.2. The monoisotopic (exact) mass is 292 g/mol. The van der Waals surface area contributed by atoms with Gasteiger partial charge in [0, 0.05) is 4.88 Å². The molecule has 1 atom stereocenters. The summed E-state index contributed by atoms with van der Waals surface area (Å²) in [4.78, 5) is 0.358. The number of hydrogen-bond donors (Lipinski definition) is 2. The molecule has 1 aromatic heterocycles. The van der Waals surface area contributed by atoms with Crippen molar-refractivity contribution >= 4 is 11.3 Å². The van der Waals surface area contributed by atoms with Gasteiger partial charge in [0.15, 0.2) is 5.92 Å². The number of rotatable bonds is 3. The molecule has 0 saturated heterocycles. The Morgan fingerprint density at radius 2 is 1.67 bits per heavy atom. The van der Waals surface area contributed by atoms with E-state index in [2.05, 4.69) is 0 Å². The predicted octanol–water partition coefficient (Wildman–Crippen LogP) is 3.30. The zero-order chi connectivity index (χ0) is 14.1. The van der Waals surface area contributed by atoms with Crippen LogP contribution in [0.3, 0.4) is 0 Å². The minimum Gasteiger partial charge on any atom is -0.271 e. The van der Waals surface area contributed by atoms with Crippen LogP contribution >= 0.6 is 11.3 Å². The van der Waals surface area contributed by atoms with Gasteiger partial charge < -0.3 is 0 Å². The van der Waals surface area contributed by atoms with E-state index in [4.69, 9.17) is 5.84 Å². The van der Waals surface area contributed by atoms with Crippen LogP contribution < -0.4 is 11.3 Å². The average Bonchev–Trinajstić information content (AvgIpc) is 2.56. The first-order valence-electron chi connectivity index (χ1n) is 4.72. The number of thiophene rings is 1. The molecule has 0 bridgehead atoms. The lowest BCUT2D eigenvalue weighted by atomic mass is 9.92. The third-order valence-electron chi connectivity index (χ3n) is 2.45. The highest BCUT2D eigenvalue weighted by Gasteiger charge is 2.60. The lowest BCUT2D eigenvalue weighted by molar-refractivity contribution is -0.292. The van der Waals surface area contributed by atoms with Crippen LogP contribution in [0.4, 0.5) is 26.3 Å². The van der Waals surface area contributed by atoms with Gasteiger partial charge in [-0.2, -0.15) is 26.3 Å². The van der Waals surface area contributed by atoms with Crippen molar-refractivity contribution < 1.29 is 26.3 Å². The second-order valence-corrected chi connectivity index (χ2v) is 4.76. The number of hydrazine groups is 1. The van der Waals surface area contributed by atoms with E-state index in [1.807, 2.05) is 0 Å². The number of hydrogen-bond acceptors (Lipinski definition) is 3. The minimum absolute atomic E-state index is 0.0952. The maximum atomic E-state index is 12.6. The Morgan fingerprint density at radius 1 is 1.17 bits per heavy atom. The van der Waals surface area contributed by atoms with Gasteiger partial charge in [0.05, 0.1) is 6.04 Å². The highest BCUT2D eigenvalue weighted by Crippen LogP contribution is 2.47. The molecule has 1 aromatic rings. The molecule has 0 aliphatic heterocycles. The van der Waals surface area contributed by atoms with Crippen LogP contribution in [-0.2, 0) is 0 Å². The Kier molecular flexibility index (Phi) is 4.29. The van der Waals surface area contributed by atoms with Crippen molar-refractivity contribution in [3.63, 3.8) is 0 Å². The molecule has 0 amide bonds. The maximum Gasteiger partial charge on any atom is 0.402 e. The molecule has 1 rings (SSSR count). The third kappa shape index (κ3) is 3.15. The third-order valence-corrected chi connectivity index (χ3v) is 3.31. The van der Waals surface area contributed by atoms with Gasteiger partial charge in [-0.25, -0.2) is 0 Å². The SMILES string of the molecule is Cc1sccc1C(NN)C(C(F)(F)F)C(F)(F)F. The minimum atomic E-state index is -5.43. The zero-order valence-corrected chi connectivity index (χ0v) is 9.88. The lowest BCUT2D eigenvalue weighted by Gasteiger charge is -2.30. The summed E-state index contributed by atoms with van der Waals surface area (Å²) in [6.07, 6.45) is -10.9. The summed E-state index contributed by atoms with van der Waals surface area (Å²) >= 11 is 1.06. The molecule has 0 radical (unpaired) electrons. The van der Waals surface area contributed by atoms with Crippen LogP contribution in [0.15, 0.2) is 11.4 Å². The fraction of sp³-hybridized carbons (Fsp3) is 0.556. The molecule has 3 N–H and O–H groups in total. The molecule has 1 unspecified atom stereocenters. The van der Waals surface area contributed by atoms with Crippen molar-refractivity contribution in [3.05, 3.63) is 21.9 Å². The molecular weight excluding hydrogens is 282 g/mol. The second kappa shape index (κ2) is 5.06. The van der Waals surface area contributed by atoms with Crippen LogP contribution in [-0.4, -0.2) is 12.4 Å². The van der Waals surface area contributed by atoms with Crippen LogP contribution in [0, 0.1) is 12.8 Å². The largest absolute Gasteiger partial charge is 0.402 e. The van der Waals surface area contributed by atoms with Crippen molar-refractivity contribution in [1.29, 1.82) is 0 Å². The first-order valence-corrected chi connectivity index (χ1v) is 5.60. The Morgan fingerprint density at radius 3 is 1.94 bits per heavy atom. The molecule has 1 heterocycles. The number of halogens is 6. The molecule has 104 valence electrons. The van der Waals surface area contributed by atoms with E-state index in [-0.39, 0.29) is 5.56 Å². The predicted molar refractivity (Wildman–Crippen MR) is 54.7 cm³/mol. The van der Waals surface area contributed by atoms with E-state index in [1.165, 1.54) is 18.4 Å². The van der Waals surface area contributed by atoms with Crippen LogP contribution in [0.25, 0.3) is 0 Å². The number of nitrogens with two attached hydrogens (primary N) is 1. The quantitative estimate of drug-likeness (QED) is 0.509. The molecule has 18 heavy (non-hydrogen) atoms. The highest BCUT2D eigenvalue weighted by atomic mass is 32.1. The van der Waals surface area contributed by atoms with Gasteiger partial charge in [-0.3, -0.25) is 11.3 Å².